The fourth-order valence-electron chi connectivity index (χ4n) is 4.20. The smallest absolute Gasteiger partial charge is 0.265 e. The largest absolute Gasteiger partial charge is 0.456 e. The van der Waals surface area contributed by atoms with Crippen LogP contribution in [-0.2, 0) is 14.3 Å². The maximum atomic E-state index is 13.0. The number of amides is 2. The van der Waals surface area contributed by atoms with E-state index < -0.39 is 11.8 Å². The molecule has 190 valence electrons. The Morgan fingerprint density at radius 3 is 1.87 bits per heavy atom. The second-order valence-electron chi connectivity index (χ2n) is 8.54. The van der Waals surface area contributed by atoms with Gasteiger partial charge in [-0.15, -0.1) is 11.3 Å². The molecule has 2 aliphatic heterocycles. The number of allylic oxidation sites excluding steroid dienone is 3. The highest BCUT2D eigenvalue weighted by molar-refractivity contribution is 7.80. The van der Waals surface area contributed by atoms with Gasteiger partial charge in [0, 0.05) is 35.3 Å². The molecule has 0 aliphatic carbocycles. The predicted octanol–water partition coefficient (Wildman–Crippen LogP) is 6.02. The van der Waals surface area contributed by atoms with Crippen molar-refractivity contribution < 1.29 is 14.3 Å². The highest BCUT2D eigenvalue weighted by Gasteiger charge is 2.38. The molecule has 2 aromatic carbocycles. The Kier molecular flexibility index (Phi) is 7.44. The lowest BCUT2D eigenvalue weighted by atomic mass is 10.0. The van der Waals surface area contributed by atoms with E-state index in [0.717, 1.165) is 33.1 Å². The first-order valence-electron chi connectivity index (χ1n) is 12.3. The number of aromatic nitrogens is 1. The number of carbonyl (C=O) groups is 2. The van der Waals surface area contributed by atoms with Crippen LogP contribution in [0.2, 0.25) is 0 Å². The normalized spacial score (nSPS) is 15.8. The van der Waals surface area contributed by atoms with Gasteiger partial charge in [0.25, 0.3) is 11.8 Å². The number of benzene rings is 2. The molecule has 0 atom stereocenters. The van der Waals surface area contributed by atoms with Crippen LogP contribution in [0.25, 0.3) is 23.7 Å². The summed E-state index contributed by atoms with van der Waals surface area (Å²) in [5.74, 6) is 0.715. The average Bonchev–Trinajstić information content (AvgIpc) is 3.39. The Labute approximate surface area is 230 Å². The third kappa shape index (κ3) is 5.14. The highest BCUT2D eigenvalue weighted by atomic mass is 32.1. The first-order valence-corrected chi connectivity index (χ1v) is 13.5. The van der Waals surface area contributed by atoms with Crippen LogP contribution < -0.4 is 0 Å². The first kappa shape index (κ1) is 25.5. The molecule has 0 bridgehead atoms. The van der Waals surface area contributed by atoms with Gasteiger partial charge in [-0.05, 0) is 55.9 Å². The van der Waals surface area contributed by atoms with Gasteiger partial charge in [0.05, 0.1) is 0 Å². The average molecular weight is 540 g/mol. The van der Waals surface area contributed by atoms with E-state index in [9.17, 15) is 9.59 Å². The van der Waals surface area contributed by atoms with E-state index in [4.69, 9.17) is 17.0 Å². The number of hydrogen-bond acceptors (Lipinski definition) is 6. The number of thiocarbonyl (C=S) groups is 1. The van der Waals surface area contributed by atoms with E-state index in [-0.39, 0.29) is 10.7 Å². The van der Waals surface area contributed by atoms with Crippen molar-refractivity contribution in [2.75, 3.05) is 13.1 Å². The molecule has 38 heavy (non-hydrogen) atoms. The van der Waals surface area contributed by atoms with Gasteiger partial charge in [-0.25, -0.2) is 4.98 Å². The van der Waals surface area contributed by atoms with Crippen molar-refractivity contribution in [3.63, 3.8) is 0 Å². The van der Waals surface area contributed by atoms with Crippen LogP contribution in [0.15, 0.2) is 90.2 Å². The number of hydrogen-bond donors (Lipinski definition) is 0. The maximum absolute atomic E-state index is 13.0. The van der Waals surface area contributed by atoms with Crippen molar-refractivity contribution >= 4 is 64.2 Å². The van der Waals surface area contributed by atoms with Gasteiger partial charge < -0.3 is 4.74 Å². The monoisotopic (exact) mass is 539 g/mol. The Balaban J connectivity index is 1.49. The van der Waals surface area contributed by atoms with E-state index in [1.807, 2.05) is 92.7 Å². The molecule has 0 N–H and O–H groups in total. The fraction of sp³-hybridized carbons (Fsp3) is 0.133. The molecule has 8 heteroatoms. The van der Waals surface area contributed by atoms with Gasteiger partial charge in [0.15, 0.2) is 5.11 Å². The van der Waals surface area contributed by atoms with Gasteiger partial charge in [-0.3, -0.25) is 19.4 Å². The summed E-state index contributed by atoms with van der Waals surface area (Å²) in [7, 11) is 0. The standard InChI is InChI=1S/C30H25N3O3S2/c1-3-32-28(34)24(29(35)33(4-2)30(32)37)18-27-31-19-23(38-27)15-20-16-25(21-11-7-5-8-12-21)36-26(17-20)22-13-9-6-10-14-22/h5-19H,3-4H2,1-2H3. The van der Waals surface area contributed by atoms with Crippen LogP contribution in [0.5, 0.6) is 0 Å². The fourth-order valence-corrected chi connectivity index (χ4v) is 5.45. The van der Waals surface area contributed by atoms with Crippen LogP contribution in [-0.4, -0.2) is 44.8 Å². The minimum atomic E-state index is -0.391. The van der Waals surface area contributed by atoms with Crippen LogP contribution in [0.4, 0.5) is 0 Å². The molecular weight excluding hydrogens is 514 g/mol. The number of rotatable bonds is 6. The topological polar surface area (TPSA) is 62.7 Å². The summed E-state index contributed by atoms with van der Waals surface area (Å²) in [4.78, 5) is 34.2. The zero-order valence-electron chi connectivity index (χ0n) is 21.0. The van der Waals surface area contributed by atoms with Gasteiger partial charge in [-0.2, -0.15) is 0 Å². The molecule has 6 nitrogen and oxygen atoms in total. The van der Waals surface area contributed by atoms with Gasteiger partial charge >= 0.3 is 0 Å². The molecule has 1 aromatic heterocycles. The van der Waals surface area contributed by atoms with Crippen molar-refractivity contribution in [1.29, 1.82) is 0 Å². The quantitative estimate of drug-likeness (QED) is 0.218. The van der Waals surface area contributed by atoms with Crippen LogP contribution >= 0.6 is 23.6 Å². The van der Waals surface area contributed by atoms with E-state index in [0.29, 0.717) is 18.1 Å². The SMILES string of the molecule is CCN1C(=O)C(=Cc2ncc(C=C3C=C(c4ccccc4)OC(c4ccccc4)=C3)s2)C(=O)N(CC)C1=S. The van der Waals surface area contributed by atoms with E-state index >= 15 is 0 Å². The summed E-state index contributed by atoms with van der Waals surface area (Å²) in [5, 5.41) is 0.813. The lowest BCUT2D eigenvalue weighted by Gasteiger charge is -2.35. The molecule has 0 spiro atoms. The molecule has 3 aromatic rings. The zero-order valence-corrected chi connectivity index (χ0v) is 22.6. The lowest BCUT2D eigenvalue weighted by molar-refractivity contribution is -0.133. The van der Waals surface area contributed by atoms with Crippen LogP contribution in [0.1, 0.15) is 34.9 Å². The van der Waals surface area contributed by atoms with Gasteiger partial charge in [-0.1, -0.05) is 60.7 Å². The molecule has 5 rings (SSSR count). The number of likely N-dealkylation sites (N-methyl/N-ethyl adjacent to an activating group) is 2. The molecular formula is C30H25N3O3S2. The lowest BCUT2D eigenvalue weighted by Crippen LogP contribution is -2.55. The number of thiazole rings is 1. The van der Waals surface area contributed by atoms with Crippen molar-refractivity contribution in [3.8, 4) is 0 Å². The molecule has 3 heterocycles. The number of carbonyl (C=O) groups excluding carboxylic acids is 2. The molecule has 0 radical (unpaired) electrons. The molecule has 2 amide bonds. The third-order valence-corrected chi connectivity index (χ3v) is 7.43. The molecule has 0 unspecified atom stereocenters. The summed E-state index contributed by atoms with van der Waals surface area (Å²) in [6, 6.07) is 19.9. The summed E-state index contributed by atoms with van der Waals surface area (Å²) < 4.78 is 6.27. The van der Waals surface area contributed by atoms with Crippen molar-refractivity contribution in [3.05, 3.63) is 111 Å². The third-order valence-electron chi connectivity index (χ3n) is 6.10. The van der Waals surface area contributed by atoms with Crippen LogP contribution in [0, 0.1) is 0 Å². The predicted molar refractivity (Wildman–Crippen MR) is 155 cm³/mol. The van der Waals surface area contributed by atoms with E-state index in [1.54, 1.807) is 12.3 Å². The van der Waals surface area contributed by atoms with Crippen molar-refractivity contribution in [1.82, 2.24) is 14.8 Å². The second-order valence-corrected chi connectivity index (χ2v) is 9.99. The summed E-state index contributed by atoms with van der Waals surface area (Å²) >= 11 is 6.74. The summed E-state index contributed by atoms with van der Waals surface area (Å²) in [5.41, 5.74) is 2.96. The van der Waals surface area contributed by atoms with Crippen LogP contribution in [0.3, 0.4) is 0 Å². The number of nitrogens with zero attached hydrogens (tertiary/aromatic N) is 3. The molecule has 1 fully saturated rings. The first-order chi connectivity index (χ1) is 18.5. The maximum Gasteiger partial charge on any atom is 0.265 e. The van der Waals surface area contributed by atoms with Crippen molar-refractivity contribution in [2.45, 2.75) is 13.8 Å². The highest BCUT2D eigenvalue weighted by Crippen LogP contribution is 2.33. The van der Waals surface area contributed by atoms with E-state index in [1.165, 1.54) is 21.1 Å². The Morgan fingerprint density at radius 1 is 0.842 bits per heavy atom. The molecule has 1 saturated heterocycles. The Morgan fingerprint density at radius 2 is 1.37 bits per heavy atom. The Bertz CT molecular complexity index is 1430. The minimum absolute atomic E-state index is 0.0689. The van der Waals surface area contributed by atoms with Gasteiger partial charge in [0.1, 0.15) is 22.1 Å². The Hall–Kier alpha value is -4.14. The summed E-state index contributed by atoms with van der Waals surface area (Å²) in [6.45, 7) is 4.45. The molecule has 0 saturated carbocycles. The van der Waals surface area contributed by atoms with Crippen molar-refractivity contribution in [2.24, 2.45) is 0 Å². The zero-order chi connectivity index (χ0) is 26.6. The minimum Gasteiger partial charge on any atom is -0.456 e. The number of ether oxygens (including phenoxy) is 1. The van der Waals surface area contributed by atoms with Gasteiger partial charge in [0.2, 0.25) is 0 Å². The summed E-state index contributed by atoms with van der Waals surface area (Å²) in [6.07, 6.45) is 9.30. The molecule has 2 aliphatic rings. The van der Waals surface area contributed by atoms with E-state index in [2.05, 4.69) is 4.98 Å². The second kappa shape index (κ2) is 11.1.